The summed E-state index contributed by atoms with van der Waals surface area (Å²) in [6.45, 7) is 6.78. The normalized spacial score (nSPS) is 27.7. The van der Waals surface area contributed by atoms with Crippen LogP contribution < -0.4 is 5.32 Å². The number of nitrogens with one attached hydrogen (secondary N) is 1. The molecular weight excluding hydrogens is 246 g/mol. The van der Waals surface area contributed by atoms with Gasteiger partial charge in [-0.05, 0) is 50.2 Å². The van der Waals surface area contributed by atoms with Crippen molar-refractivity contribution in [2.45, 2.75) is 57.2 Å². The van der Waals surface area contributed by atoms with Crippen LogP contribution in [0.1, 0.15) is 46.5 Å². The summed E-state index contributed by atoms with van der Waals surface area (Å²) >= 11 is 1.97. The van der Waals surface area contributed by atoms with E-state index in [9.17, 15) is 4.79 Å². The van der Waals surface area contributed by atoms with Gasteiger partial charge in [0.25, 0.3) is 0 Å². The molecule has 0 radical (unpaired) electrons. The van der Waals surface area contributed by atoms with Crippen LogP contribution in [0, 0.1) is 5.92 Å². The topological polar surface area (TPSA) is 38.3 Å². The van der Waals surface area contributed by atoms with Gasteiger partial charge in [-0.15, -0.1) is 0 Å². The fraction of sp³-hybridized carbons (Fsp3) is 0.929. The van der Waals surface area contributed by atoms with Gasteiger partial charge in [-0.1, -0.05) is 20.3 Å². The number of rotatable bonds is 7. The first-order valence-electron chi connectivity index (χ1n) is 7.04. The Kier molecular flexibility index (Phi) is 6.50. The lowest BCUT2D eigenvalue weighted by atomic mass is 9.85. The molecule has 4 heteroatoms. The van der Waals surface area contributed by atoms with E-state index in [2.05, 4.69) is 19.2 Å². The molecule has 0 aliphatic heterocycles. The molecule has 0 aromatic heterocycles. The van der Waals surface area contributed by atoms with Crippen LogP contribution >= 0.6 is 11.8 Å². The average Bonchev–Trinajstić information content (AvgIpc) is 2.73. The summed E-state index contributed by atoms with van der Waals surface area (Å²) in [6, 6.07) is 0. The Morgan fingerprint density at radius 3 is 2.83 bits per heavy atom. The third-order valence-electron chi connectivity index (χ3n) is 3.82. The Morgan fingerprint density at radius 2 is 2.28 bits per heavy atom. The lowest BCUT2D eigenvalue weighted by Gasteiger charge is -2.33. The fourth-order valence-corrected chi connectivity index (χ4v) is 3.77. The highest BCUT2D eigenvalue weighted by atomic mass is 32.2. The largest absolute Gasteiger partial charge is 0.465 e. The molecule has 0 saturated heterocycles. The third-order valence-corrected chi connectivity index (χ3v) is 4.96. The van der Waals surface area contributed by atoms with E-state index in [4.69, 9.17) is 4.74 Å². The van der Waals surface area contributed by atoms with Crippen molar-refractivity contribution in [3.63, 3.8) is 0 Å². The van der Waals surface area contributed by atoms with Crippen molar-refractivity contribution in [3.8, 4) is 0 Å². The van der Waals surface area contributed by atoms with Crippen molar-refractivity contribution in [1.29, 1.82) is 0 Å². The van der Waals surface area contributed by atoms with Gasteiger partial charge in [0.15, 0.2) is 0 Å². The minimum atomic E-state index is -0.423. The Balaban J connectivity index is 2.61. The minimum Gasteiger partial charge on any atom is -0.465 e. The van der Waals surface area contributed by atoms with Gasteiger partial charge in [-0.3, -0.25) is 4.79 Å². The summed E-state index contributed by atoms with van der Waals surface area (Å²) < 4.78 is 5.27. The molecule has 1 N–H and O–H groups in total. The summed E-state index contributed by atoms with van der Waals surface area (Å²) in [4.78, 5) is 12.2. The van der Waals surface area contributed by atoms with Crippen LogP contribution in [0.5, 0.6) is 0 Å². The van der Waals surface area contributed by atoms with Gasteiger partial charge < -0.3 is 10.1 Å². The summed E-state index contributed by atoms with van der Waals surface area (Å²) in [6.07, 6.45) is 4.27. The quantitative estimate of drug-likeness (QED) is 0.724. The van der Waals surface area contributed by atoms with E-state index in [0.717, 1.165) is 31.4 Å². The van der Waals surface area contributed by atoms with E-state index in [1.54, 1.807) is 0 Å². The van der Waals surface area contributed by atoms with Crippen molar-refractivity contribution in [3.05, 3.63) is 0 Å². The van der Waals surface area contributed by atoms with E-state index >= 15 is 0 Å². The first kappa shape index (κ1) is 15.8. The molecular formula is C14H27NO2S. The number of hydrogen-bond donors (Lipinski definition) is 1. The minimum absolute atomic E-state index is 0.0513. The van der Waals surface area contributed by atoms with Crippen LogP contribution in [0.15, 0.2) is 0 Å². The van der Waals surface area contributed by atoms with Crippen LogP contribution in [0.25, 0.3) is 0 Å². The maximum Gasteiger partial charge on any atom is 0.326 e. The molecule has 1 aliphatic rings. The maximum atomic E-state index is 12.2. The smallest absolute Gasteiger partial charge is 0.326 e. The first-order chi connectivity index (χ1) is 8.56. The number of carbonyl (C=O) groups excluding carboxylic acids is 1. The third kappa shape index (κ3) is 3.64. The summed E-state index contributed by atoms with van der Waals surface area (Å²) in [7, 11) is 1.89. The number of ether oxygens (including phenoxy) is 1. The van der Waals surface area contributed by atoms with Crippen LogP contribution in [-0.4, -0.2) is 36.2 Å². The molecule has 2 unspecified atom stereocenters. The van der Waals surface area contributed by atoms with Crippen molar-refractivity contribution < 1.29 is 9.53 Å². The Morgan fingerprint density at radius 1 is 1.56 bits per heavy atom. The summed E-state index contributed by atoms with van der Waals surface area (Å²) in [5.41, 5.74) is -0.423. The van der Waals surface area contributed by atoms with E-state index < -0.39 is 5.54 Å². The zero-order chi connectivity index (χ0) is 13.6. The van der Waals surface area contributed by atoms with Gasteiger partial charge in [-0.25, -0.2) is 0 Å². The van der Waals surface area contributed by atoms with E-state index in [1.165, 1.54) is 0 Å². The second-order valence-corrected chi connectivity index (χ2v) is 6.92. The Labute approximate surface area is 115 Å². The number of hydrogen-bond acceptors (Lipinski definition) is 4. The zero-order valence-electron chi connectivity index (χ0n) is 12.1. The van der Waals surface area contributed by atoms with Gasteiger partial charge in [0.1, 0.15) is 5.54 Å². The maximum absolute atomic E-state index is 12.2. The lowest BCUT2D eigenvalue weighted by Crippen LogP contribution is -2.54. The molecule has 2 atom stereocenters. The van der Waals surface area contributed by atoms with Crippen LogP contribution in [0.3, 0.4) is 0 Å². The SMILES string of the molecule is CCOC(=O)C1(NC)CCCC1CCSC(C)C. The molecule has 0 aromatic carbocycles. The first-order valence-corrected chi connectivity index (χ1v) is 8.09. The number of carbonyl (C=O) groups is 1. The van der Waals surface area contributed by atoms with Crippen molar-refractivity contribution in [2.24, 2.45) is 5.92 Å². The van der Waals surface area contributed by atoms with Gasteiger partial charge in [0.2, 0.25) is 0 Å². The molecule has 0 amide bonds. The van der Waals surface area contributed by atoms with Crippen LogP contribution in [-0.2, 0) is 9.53 Å². The monoisotopic (exact) mass is 273 g/mol. The molecule has 1 saturated carbocycles. The molecule has 0 aromatic rings. The molecule has 18 heavy (non-hydrogen) atoms. The fourth-order valence-electron chi connectivity index (χ4n) is 2.87. The van der Waals surface area contributed by atoms with Crippen LogP contribution in [0.4, 0.5) is 0 Å². The van der Waals surface area contributed by atoms with Crippen molar-refractivity contribution in [2.75, 3.05) is 19.4 Å². The number of esters is 1. The summed E-state index contributed by atoms with van der Waals surface area (Å²) in [5.74, 6) is 1.50. The zero-order valence-corrected chi connectivity index (χ0v) is 12.9. The average molecular weight is 273 g/mol. The summed E-state index contributed by atoms with van der Waals surface area (Å²) in [5, 5.41) is 3.93. The highest BCUT2D eigenvalue weighted by Gasteiger charge is 2.48. The molecule has 1 rings (SSSR count). The molecule has 0 bridgehead atoms. The second kappa shape index (κ2) is 7.39. The molecule has 0 spiro atoms. The van der Waals surface area contributed by atoms with Crippen LogP contribution in [0.2, 0.25) is 0 Å². The van der Waals surface area contributed by atoms with E-state index in [0.29, 0.717) is 17.8 Å². The van der Waals surface area contributed by atoms with E-state index in [-0.39, 0.29) is 5.97 Å². The van der Waals surface area contributed by atoms with Crippen molar-refractivity contribution in [1.82, 2.24) is 5.32 Å². The predicted octanol–water partition coefficient (Wildman–Crippen LogP) is 2.84. The lowest BCUT2D eigenvalue weighted by molar-refractivity contribution is -0.152. The molecule has 1 aliphatic carbocycles. The van der Waals surface area contributed by atoms with Crippen molar-refractivity contribution >= 4 is 17.7 Å². The Hall–Kier alpha value is -0.220. The standard InChI is InChI=1S/C14H27NO2S/c1-5-17-13(16)14(15-4)9-6-7-12(14)8-10-18-11(2)3/h11-12,15H,5-10H2,1-4H3. The predicted molar refractivity (Wildman–Crippen MR) is 78.0 cm³/mol. The van der Waals surface area contributed by atoms with Gasteiger partial charge in [-0.2, -0.15) is 11.8 Å². The van der Waals surface area contributed by atoms with Gasteiger partial charge in [0, 0.05) is 0 Å². The second-order valence-electron chi connectivity index (χ2n) is 5.24. The molecule has 106 valence electrons. The van der Waals surface area contributed by atoms with Gasteiger partial charge >= 0.3 is 5.97 Å². The Bertz CT molecular complexity index is 271. The highest BCUT2D eigenvalue weighted by molar-refractivity contribution is 7.99. The molecule has 3 nitrogen and oxygen atoms in total. The molecule has 0 heterocycles. The van der Waals surface area contributed by atoms with E-state index in [1.807, 2.05) is 25.7 Å². The van der Waals surface area contributed by atoms with Gasteiger partial charge in [0.05, 0.1) is 6.61 Å². The molecule has 1 fully saturated rings. The highest BCUT2D eigenvalue weighted by Crippen LogP contribution is 2.39. The number of likely N-dealkylation sites (N-methyl/N-ethyl adjacent to an activating group) is 1. The number of thioether (sulfide) groups is 1.